The average molecular weight is 376 g/mol. The number of rotatable bonds is 4. The number of aliphatic hydroxyl groups is 1. The van der Waals surface area contributed by atoms with Crippen molar-refractivity contribution in [3.8, 4) is 0 Å². The molecule has 3 heterocycles. The second kappa shape index (κ2) is 6.62. The first-order valence-corrected chi connectivity index (χ1v) is 10.9. The molecule has 0 unspecified atom stereocenters. The van der Waals surface area contributed by atoms with E-state index in [1.807, 2.05) is 5.51 Å². The first-order chi connectivity index (χ1) is 11.2. The first kappa shape index (κ1) is 18.2. The number of hydrogen-bond acceptors (Lipinski definition) is 7. The van der Waals surface area contributed by atoms with Crippen molar-refractivity contribution >= 4 is 21.4 Å². The van der Waals surface area contributed by atoms with Crippen LogP contribution in [0.15, 0.2) is 10.9 Å². The van der Waals surface area contributed by atoms with Gasteiger partial charge < -0.3 is 9.84 Å². The minimum Gasteiger partial charge on any atom is -0.386 e. The SMILES string of the molecule is C[C@]1(O)COC2(CCN(Cc3cscn3)CC2)C[C@@H]1NS(C)(=O)=O. The van der Waals surface area contributed by atoms with Crippen molar-refractivity contribution < 1.29 is 18.3 Å². The maximum absolute atomic E-state index is 11.6. The molecule has 7 nitrogen and oxygen atoms in total. The van der Waals surface area contributed by atoms with Gasteiger partial charge in [-0.05, 0) is 26.2 Å². The van der Waals surface area contributed by atoms with Gasteiger partial charge in [0.05, 0.1) is 35.7 Å². The van der Waals surface area contributed by atoms with Crippen LogP contribution in [0.2, 0.25) is 0 Å². The molecule has 2 saturated heterocycles. The number of piperidine rings is 1. The summed E-state index contributed by atoms with van der Waals surface area (Å²) in [6.07, 6.45) is 3.28. The summed E-state index contributed by atoms with van der Waals surface area (Å²) >= 11 is 1.60. The first-order valence-electron chi connectivity index (χ1n) is 8.11. The summed E-state index contributed by atoms with van der Waals surface area (Å²) in [7, 11) is -3.38. The maximum Gasteiger partial charge on any atom is 0.209 e. The Morgan fingerprint density at radius 2 is 2.21 bits per heavy atom. The monoisotopic (exact) mass is 375 g/mol. The Morgan fingerprint density at radius 1 is 1.50 bits per heavy atom. The fourth-order valence-corrected chi connectivity index (χ4v) is 4.89. The Bertz CT molecular complexity index is 652. The molecule has 24 heavy (non-hydrogen) atoms. The predicted molar refractivity (Wildman–Crippen MR) is 92.3 cm³/mol. The zero-order chi connectivity index (χ0) is 17.4. The Labute approximate surface area is 147 Å². The van der Waals surface area contributed by atoms with Crippen LogP contribution in [-0.4, -0.2) is 66.6 Å². The summed E-state index contributed by atoms with van der Waals surface area (Å²) in [5.41, 5.74) is 1.38. The van der Waals surface area contributed by atoms with Crippen LogP contribution in [0.4, 0.5) is 0 Å². The largest absolute Gasteiger partial charge is 0.386 e. The van der Waals surface area contributed by atoms with Crippen LogP contribution in [0.25, 0.3) is 0 Å². The molecule has 0 radical (unpaired) electrons. The molecule has 1 aromatic heterocycles. The highest BCUT2D eigenvalue weighted by Crippen LogP contribution is 2.38. The van der Waals surface area contributed by atoms with Crippen molar-refractivity contribution in [1.82, 2.24) is 14.6 Å². The van der Waals surface area contributed by atoms with Crippen molar-refractivity contribution in [3.05, 3.63) is 16.6 Å². The van der Waals surface area contributed by atoms with Gasteiger partial charge in [0.1, 0.15) is 5.60 Å². The summed E-state index contributed by atoms with van der Waals surface area (Å²) < 4.78 is 31.8. The molecule has 2 fully saturated rings. The highest BCUT2D eigenvalue weighted by molar-refractivity contribution is 7.88. The molecule has 3 rings (SSSR count). The third kappa shape index (κ3) is 4.33. The second-order valence-electron chi connectivity index (χ2n) is 7.23. The third-order valence-corrected chi connectivity index (χ3v) is 6.34. The van der Waals surface area contributed by atoms with Gasteiger partial charge in [0, 0.05) is 25.0 Å². The number of thiazole rings is 1. The average Bonchev–Trinajstić information content (AvgIpc) is 2.98. The van der Waals surface area contributed by atoms with Crippen molar-refractivity contribution in [2.45, 2.75) is 50.0 Å². The van der Waals surface area contributed by atoms with E-state index >= 15 is 0 Å². The Kier molecular flexibility index (Phi) is 5.03. The van der Waals surface area contributed by atoms with Crippen molar-refractivity contribution in [2.24, 2.45) is 0 Å². The minimum atomic E-state index is -3.38. The van der Waals surface area contributed by atoms with Crippen molar-refractivity contribution in [2.75, 3.05) is 26.0 Å². The lowest BCUT2D eigenvalue weighted by atomic mass is 9.78. The van der Waals surface area contributed by atoms with Gasteiger partial charge in [-0.25, -0.2) is 18.1 Å². The molecule has 2 aliphatic heterocycles. The van der Waals surface area contributed by atoms with Crippen LogP contribution in [0.5, 0.6) is 0 Å². The molecule has 0 amide bonds. The van der Waals surface area contributed by atoms with E-state index in [0.29, 0.717) is 6.42 Å². The van der Waals surface area contributed by atoms with Gasteiger partial charge in [0.25, 0.3) is 0 Å². The lowest BCUT2D eigenvalue weighted by molar-refractivity contribution is -0.190. The van der Waals surface area contributed by atoms with E-state index in [2.05, 4.69) is 20.0 Å². The van der Waals surface area contributed by atoms with Crippen LogP contribution in [0.1, 0.15) is 31.9 Å². The lowest BCUT2D eigenvalue weighted by Crippen LogP contribution is -2.63. The van der Waals surface area contributed by atoms with Crippen LogP contribution in [0, 0.1) is 0 Å². The molecule has 0 bridgehead atoms. The molecule has 2 atom stereocenters. The van der Waals surface area contributed by atoms with Gasteiger partial charge in [0.2, 0.25) is 10.0 Å². The molecule has 2 aliphatic rings. The number of aromatic nitrogens is 1. The van der Waals surface area contributed by atoms with Crippen molar-refractivity contribution in [3.63, 3.8) is 0 Å². The topological polar surface area (TPSA) is 91.8 Å². The van der Waals surface area contributed by atoms with Crippen LogP contribution >= 0.6 is 11.3 Å². The number of nitrogens with zero attached hydrogens (tertiary/aromatic N) is 2. The number of hydrogen-bond donors (Lipinski definition) is 2. The predicted octanol–water partition coefficient (Wildman–Crippen LogP) is 0.567. The van der Waals surface area contributed by atoms with E-state index in [4.69, 9.17) is 4.74 Å². The van der Waals surface area contributed by atoms with E-state index in [1.165, 1.54) is 0 Å². The Balaban J connectivity index is 1.62. The number of nitrogens with one attached hydrogen (secondary N) is 1. The molecular weight excluding hydrogens is 350 g/mol. The van der Waals surface area contributed by atoms with Gasteiger partial charge in [-0.1, -0.05) is 0 Å². The summed E-state index contributed by atoms with van der Waals surface area (Å²) in [5.74, 6) is 0. The molecule has 0 aromatic carbocycles. The fourth-order valence-electron chi connectivity index (χ4n) is 3.49. The van der Waals surface area contributed by atoms with Gasteiger partial charge in [-0.3, -0.25) is 4.90 Å². The standard InChI is InChI=1S/C15H25N3O4S2/c1-14(19)10-22-15(7-13(14)17-24(2,20)21)3-5-18(6-4-15)8-12-9-23-11-16-12/h9,11,13,17,19H,3-8,10H2,1-2H3/t13-,14-/m0/s1. The Morgan fingerprint density at radius 3 is 2.79 bits per heavy atom. The van der Waals surface area contributed by atoms with Crippen molar-refractivity contribution in [1.29, 1.82) is 0 Å². The van der Waals surface area contributed by atoms with Gasteiger partial charge in [0.15, 0.2) is 0 Å². The molecule has 136 valence electrons. The third-order valence-electron chi connectivity index (χ3n) is 4.99. The van der Waals surface area contributed by atoms with E-state index in [-0.39, 0.29) is 12.2 Å². The summed E-state index contributed by atoms with van der Waals surface area (Å²) in [5, 5.41) is 12.5. The molecule has 2 N–H and O–H groups in total. The maximum atomic E-state index is 11.6. The molecule has 0 aliphatic carbocycles. The van der Waals surface area contributed by atoms with Gasteiger partial charge in [-0.2, -0.15) is 0 Å². The van der Waals surface area contributed by atoms with E-state index < -0.39 is 21.7 Å². The smallest absolute Gasteiger partial charge is 0.209 e. The van der Waals surface area contributed by atoms with Crippen LogP contribution in [0.3, 0.4) is 0 Å². The summed E-state index contributed by atoms with van der Waals surface area (Å²) in [4.78, 5) is 6.66. The number of sulfonamides is 1. The summed E-state index contributed by atoms with van der Waals surface area (Å²) in [6.45, 7) is 4.37. The number of ether oxygens (including phenoxy) is 1. The van der Waals surface area contributed by atoms with Gasteiger partial charge in [-0.15, -0.1) is 11.3 Å². The Hall–Kier alpha value is -0.580. The zero-order valence-electron chi connectivity index (χ0n) is 14.1. The highest BCUT2D eigenvalue weighted by Gasteiger charge is 2.49. The van der Waals surface area contributed by atoms with E-state index in [1.54, 1.807) is 18.3 Å². The second-order valence-corrected chi connectivity index (χ2v) is 9.73. The van der Waals surface area contributed by atoms with E-state index in [0.717, 1.165) is 44.4 Å². The minimum absolute atomic E-state index is 0.145. The summed E-state index contributed by atoms with van der Waals surface area (Å²) in [6, 6.07) is -0.522. The van der Waals surface area contributed by atoms with Crippen LogP contribution in [-0.2, 0) is 21.3 Å². The zero-order valence-corrected chi connectivity index (χ0v) is 15.7. The molecule has 0 saturated carbocycles. The lowest BCUT2D eigenvalue weighted by Gasteiger charge is -2.50. The number of likely N-dealkylation sites (tertiary alicyclic amines) is 1. The van der Waals surface area contributed by atoms with E-state index in [9.17, 15) is 13.5 Å². The normalized spacial score (nSPS) is 31.4. The van der Waals surface area contributed by atoms with Crippen LogP contribution < -0.4 is 4.72 Å². The highest BCUT2D eigenvalue weighted by atomic mass is 32.2. The molecular formula is C15H25N3O4S2. The molecule has 1 aromatic rings. The molecule has 1 spiro atoms. The van der Waals surface area contributed by atoms with Gasteiger partial charge >= 0.3 is 0 Å². The quantitative estimate of drug-likeness (QED) is 0.799. The molecule has 9 heteroatoms. The fraction of sp³-hybridized carbons (Fsp3) is 0.800.